The van der Waals surface area contributed by atoms with Crippen molar-refractivity contribution in [2.24, 2.45) is 5.41 Å². The van der Waals surface area contributed by atoms with Gasteiger partial charge in [0.25, 0.3) is 0 Å². The Morgan fingerprint density at radius 2 is 1.94 bits per heavy atom. The summed E-state index contributed by atoms with van der Waals surface area (Å²) in [4.78, 5) is 19.0. The fourth-order valence-electron chi connectivity index (χ4n) is 4.90. The number of nitrogens with zero attached hydrogens (tertiary/aromatic N) is 5. The predicted molar refractivity (Wildman–Crippen MR) is 134 cm³/mol. The van der Waals surface area contributed by atoms with Crippen molar-refractivity contribution in [2.75, 3.05) is 24.6 Å². The first kappa shape index (κ1) is 22.6. The van der Waals surface area contributed by atoms with E-state index >= 15 is 0 Å². The molecule has 35 heavy (non-hydrogen) atoms. The van der Waals surface area contributed by atoms with Crippen LogP contribution in [-0.4, -0.2) is 40.6 Å². The van der Waals surface area contributed by atoms with E-state index < -0.39 is 0 Å². The van der Waals surface area contributed by atoms with Crippen molar-refractivity contribution in [3.63, 3.8) is 0 Å². The molecule has 1 aromatic carbocycles. The van der Waals surface area contributed by atoms with Crippen molar-refractivity contribution in [1.82, 2.24) is 14.6 Å². The van der Waals surface area contributed by atoms with E-state index in [0.29, 0.717) is 17.9 Å². The van der Waals surface area contributed by atoms with E-state index in [1.54, 1.807) is 16.9 Å². The van der Waals surface area contributed by atoms with Gasteiger partial charge in [0.2, 0.25) is 0 Å². The Hall–Kier alpha value is -4.18. The molecular weight excluding hydrogens is 438 g/mol. The maximum Gasteiger partial charge on any atom is 0.138 e. The molecule has 4 heterocycles. The highest BCUT2D eigenvalue weighted by atomic mass is 16.5. The van der Waals surface area contributed by atoms with Gasteiger partial charge in [-0.1, -0.05) is 30.3 Å². The third-order valence-electron chi connectivity index (χ3n) is 6.81. The number of aromatic nitrogens is 3. The summed E-state index contributed by atoms with van der Waals surface area (Å²) in [7, 11) is 0. The summed E-state index contributed by atoms with van der Waals surface area (Å²) >= 11 is 0. The fourth-order valence-corrected chi connectivity index (χ4v) is 4.90. The van der Waals surface area contributed by atoms with Crippen molar-refractivity contribution < 1.29 is 9.53 Å². The standard InChI is InChI=1S/C28H27N5O2/c1-2-35-24-14-25(27-23(16-29)18-31-33(27)19-24)22-8-9-26(30-17-22)32-12-10-28(20-34,11-13-32)15-21-6-4-3-5-7-21/h3-9,14,17-20H,2,10-13,15H2,1H3. The zero-order valence-electron chi connectivity index (χ0n) is 19.7. The van der Waals surface area contributed by atoms with Gasteiger partial charge in [0, 0.05) is 35.8 Å². The molecule has 4 aromatic rings. The van der Waals surface area contributed by atoms with Crippen molar-refractivity contribution in [1.29, 1.82) is 5.26 Å². The minimum Gasteiger partial charge on any atom is -0.492 e. The van der Waals surface area contributed by atoms with Crippen LogP contribution < -0.4 is 9.64 Å². The number of aldehydes is 1. The fraction of sp³-hybridized carbons (Fsp3) is 0.286. The molecule has 1 saturated heterocycles. The molecule has 7 heteroatoms. The van der Waals surface area contributed by atoms with Gasteiger partial charge in [0.05, 0.1) is 30.1 Å². The maximum atomic E-state index is 12.1. The normalized spacial score (nSPS) is 15.0. The van der Waals surface area contributed by atoms with Gasteiger partial charge in [-0.25, -0.2) is 9.50 Å². The Morgan fingerprint density at radius 3 is 2.60 bits per heavy atom. The molecule has 0 radical (unpaired) electrons. The molecule has 0 unspecified atom stereocenters. The van der Waals surface area contributed by atoms with Crippen LogP contribution in [0.5, 0.6) is 5.75 Å². The first-order chi connectivity index (χ1) is 17.1. The Balaban J connectivity index is 1.37. The van der Waals surface area contributed by atoms with Gasteiger partial charge in [0.1, 0.15) is 23.9 Å². The van der Waals surface area contributed by atoms with Crippen LogP contribution in [0, 0.1) is 16.7 Å². The lowest BCUT2D eigenvalue weighted by atomic mass is 9.75. The molecule has 1 aliphatic rings. The molecule has 1 aliphatic heterocycles. The van der Waals surface area contributed by atoms with Crippen molar-refractivity contribution in [2.45, 2.75) is 26.2 Å². The third-order valence-corrected chi connectivity index (χ3v) is 6.81. The van der Waals surface area contributed by atoms with Gasteiger partial charge in [-0.05, 0) is 49.9 Å². The molecular formula is C28H27N5O2. The average molecular weight is 466 g/mol. The molecule has 7 nitrogen and oxygen atoms in total. The number of ether oxygens (including phenoxy) is 1. The van der Waals surface area contributed by atoms with Crippen LogP contribution in [0.1, 0.15) is 30.9 Å². The molecule has 0 saturated carbocycles. The van der Waals surface area contributed by atoms with Gasteiger partial charge < -0.3 is 14.4 Å². The number of rotatable bonds is 7. The monoisotopic (exact) mass is 465 g/mol. The second-order valence-corrected chi connectivity index (χ2v) is 9.02. The second-order valence-electron chi connectivity index (χ2n) is 9.02. The van der Waals surface area contributed by atoms with Gasteiger partial charge in [-0.3, -0.25) is 0 Å². The molecule has 0 aliphatic carbocycles. The summed E-state index contributed by atoms with van der Waals surface area (Å²) in [5.74, 6) is 1.57. The summed E-state index contributed by atoms with van der Waals surface area (Å²) in [5.41, 5.74) is 3.87. The number of carbonyl (C=O) groups is 1. The minimum absolute atomic E-state index is 0.321. The summed E-state index contributed by atoms with van der Waals surface area (Å²) in [5, 5.41) is 13.9. The van der Waals surface area contributed by atoms with Crippen molar-refractivity contribution in [3.05, 3.63) is 78.2 Å². The molecule has 3 aromatic heterocycles. The number of hydrogen-bond donors (Lipinski definition) is 0. The number of nitriles is 1. The van der Waals surface area contributed by atoms with E-state index in [-0.39, 0.29) is 5.41 Å². The molecule has 176 valence electrons. The SMILES string of the molecule is CCOc1cc(-c2ccc(N3CCC(C=O)(Cc4ccccc4)CC3)nc2)c2c(C#N)cnn2c1. The number of fused-ring (bicyclic) bond motifs is 1. The Kier molecular flexibility index (Phi) is 6.19. The molecule has 0 atom stereocenters. The van der Waals surface area contributed by atoms with Crippen molar-refractivity contribution >= 4 is 17.6 Å². The lowest BCUT2D eigenvalue weighted by molar-refractivity contribution is -0.117. The third kappa shape index (κ3) is 4.47. The number of piperidine rings is 1. The summed E-state index contributed by atoms with van der Waals surface area (Å²) in [6, 6.07) is 18.4. The van der Waals surface area contributed by atoms with Crippen molar-refractivity contribution in [3.8, 4) is 22.9 Å². The Labute approximate surface area is 204 Å². The average Bonchev–Trinajstić information content (AvgIpc) is 3.33. The van der Waals surface area contributed by atoms with Crippen LogP contribution >= 0.6 is 0 Å². The lowest BCUT2D eigenvalue weighted by Gasteiger charge is -2.39. The quantitative estimate of drug-likeness (QED) is 0.368. The molecule has 0 amide bonds. The van der Waals surface area contributed by atoms with Gasteiger partial charge in [-0.15, -0.1) is 0 Å². The number of carbonyl (C=O) groups excluding carboxylic acids is 1. The van der Waals surface area contributed by atoms with E-state index in [0.717, 1.165) is 61.1 Å². The largest absolute Gasteiger partial charge is 0.492 e. The Bertz CT molecular complexity index is 1360. The molecule has 5 rings (SSSR count). The highest BCUT2D eigenvalue weighted by Crippen LogP contribution is 2.36. The summed E-state index contributed by atoms with van der Waals surface area (Å²) in [6.07, 6.45) is 8.71. The highest BCUT2D eigenvalue weighted by molar-refractivity contribution is 5.85. The highest BCUT2D eigenvalue weighted by Gasteiger charge is 2.35. The van der Waals surface area contributed by atoms with Crippen LogP contribution in [0.3, 0.4) is 0 Å². The lowest BCUT2D eigenvalue weighted by Crippen LogP contribution is -2.42. The number of pyridine rings is 2. The number of anilines is 1. The topological polar surface area (TPSA) is 83.5 Å². The van der Waals surface area contributed by atoms with Crippen LogP contribution in [0.4, 0.5) is 5.82 Å². The summed E-state index contributed by atoms with van der Waals surface area (Å²) in [6.45, 7) is 4.03. The summed E-state index contributed by atoms with van der Waals surface area (Å²) < 4.78 is 7.39. The smallest absolute Gasteiger partial charge is 0.138 e. The second kappa shape index (κ2) is 9.59. The van der Waals surface area contributed by atoms with E-state index in [4.69, 9.17) is 9.72 Å². The van der Waals surface area contributed by atoms with Crippen LogP contribution in [0.25, 0.3) is 16.6 Å². The number of hydrogen-bond acceptors (Lipinski definition) is 6. The maximum absolute atomic E-state index is 12.1. The first-order valence-corrected chi connectivity index (χ1v) is 11.9. The van der Waals surface area contributed by atoms with E-state index in [2.05, 4.69) is 28.2 Å². The molecule has 0 spiro atoms. The molecule has 0 bridgehead atoms. The Morgan fingerprint density at radius 1 is 1.14 bits per heavy atom. The molecule has 0 N–H and O–H groups in total. The molecule has 1 fully saturated rings. The van der Waals surface area contributed by atoms with Crippen LogP contribution in [0.15, 0.2) is 67.1 Å². The van der Waals surface area contributed by atoms with Crippen LogP contribution in [-0.2, 0) is 11.2 Å². The zero-order chi connectivity index (χ0) is 24.3. The minimum atomic E-state index is -0.321. The van der Waals surface area contributed by atoms with Gasteiger partial charge in [0.15, 0.2) is 0 Å². The first-order valence-electron chi connectivity index (χ1n) is 11.9. The number of benzene rings is 1. The van der Waals surface area contributed by atoms with Gasteiger partial charge in [-0.2, -0.15) is 10.4 Å². The van der Waals surface area contributed by atoms with Crippen LogP contribution in [0.2, 0.25) is 0 Å². The predicted octanol–water partition coefficient (Wildman–Crippen LogP) is 4.69. The van der Waals surface area contributed by atoms with E-state index in [1.165, 1.54) is 5.56 Å². The van der Waals surface area contributed by atoms with E-state index in [9.17, 15) is 10.1 Å². The van der Waals surface area contributed by atoms with E-state index in [1.807, 2.05) is 49.5 Å². The zero-order valence-corrected chi connectivity index (χ0v) is 19.7. The van der Waals surface area contributed by atoms with Gasteiger partial charge >= 0.3 is 0 Å².